The average molecular weight is 333 g/mol. The van der Waals surface area contributed by atoms with E-state index in [-0.39, 0.29) is 0 Å². The van der Waals surface area contributed by atoms with E-state index < -0.39 is 0 Å². The molecule has 2 aromatic rings. The van der Waals surface area contributed by atoms with Gasteiger partial charge in [-0.25, -0.2) is 5.43 Å². The minimum absolute atomic E-state index is 0.596. The molecule has 4 aliphatic rings. The van der Waals surface area contributed by atoms with Crippen LogP contribution in [-0.4, -0.2) is 17.6 Å². The van der Waals surface area contributed by atoms with Crippen LogP contribution >= 0.6 is 0 Å². The van der Waals surface area contributed by atoms with Gasteiger partial charge in [-0.1, -0.05) is 18.2 Å². The molecular formula is C21H23N3O. The van der Waals surface area contributed by atoms with Crippen molar-refractivity contribution >= 4 is 23.5 Å². The van der Waals surface area contributed by atoms with Crippen LogP contribution in [0.5, 0.6) is 0 Å². The van der Waals surface area contributed by atoms with Crippen molar-refractivity contribution in [2.24, 2.45) is 28.8 Å². The molecule has 0 aliphatic heterocycles. The van der Waals surface area contributed by atoms with Crippen LogP contribution < -0.4 is 5.43 Å². The summed E-state index contributed by atoms with van der Waals surface area (Å²) < 4.78 is 0. The number of amides is 1. The highest BCUT2D eigenvalue weighted by Crippen LogP contribution is 2.59. The van der Waals surface area contributed by atoms with Crippen molar-refractivity contribution in [3.8, 4) is 0 Å². The molecule has 1 amide bonds. The lowest BCUT2D eigenvalue weighted by atomic mass is 9.51. The van der Waals surface area contributed by atoms with Gasteiger partial charge in [0, 0.05) is 22.6 Å². The molecule has 1 N–H and O–H groups in total. The molecule has 4 aliphatic carbocycles. The maximum atomic E-state index is 10.5. The maximum absolute atomic E-state index is 10.5. The van der Waals surface area contributed by atoms with E-state index in [0.29, 0.717) is 12.3 Å². The minimum Gasteiger partial charge on any atom is -0.277 e. The lowest BCUT2D eigenvalue weighted by Crippen LogP contribution is -2.44. The molecule has 1 aromatic heterocycles. The van der Waals surface area contributed by atoms with Crippen molar-refractivity contribution < 1.29 is 4.79 Å². The van der Waals surface area contributed by atoms with Crippen molar-refractivity contribution in [2.45, 2.75) is 38.0 Å². The summed E-state index contributed by atoms with van der Waals surface area (Å²) in [6, 6.07) is 10.4. The number of rotatable bonds is 4. The highest BCUT2D eigenvalue weighted by atomic mass is 16.1. The summed E-state index contributed by atoms with van der Waals surface area (Å²) in [5.74, 6) is 4.16. The fourth-order valence-corrected chi connectivity index (χ4v) is 6.05. The molecule has 0 saturated heterocycles. The standard InChI is InChI=1S/C21H23N3O/c25-12-23-22-11-17-10-20(24-19-4-2-1-3-18(17)19)21-15-6-13-5-14(8-15)9-16(21)7-13/h1-4,10-16,21H,5-9H2,(H,23,25)/b22-11-. The highest BCUT2D eigenvalue weighted by molar-refractivity contribution is 5.98. The number of nitrogens with one attached hydrogen (secondary N) is 1. The first-order valence-electron chi connectivity index (χ1n) is 9.43. The summed E-state index contributed by atoms with van der Waals surface area (Å²) in [6.45, 7) is 0. The number of nitrogens with zero attached hydrogens (tertiary/aromatic N) is 2. The van der Waals surface area contributed by atoms with Crippen molar-refractivity contribution in [2.75, 3.05) is 0 Å². The minimum atomic E-state index is 0.596. The van der Waals surface area contributed by atoms with Crippen LogP contribution in [-0.2, 0) is 4.79 Å². The van der Waals surface area contributed by atoms with Crippen LogP contribution in [0, 0.1) is 23.7 Å². The zero-order chi connectivity index (χ0) is 16.8. The molecule has 4 bridgehead atoms. The first-order valence-corrected chi connectivity index (χ1v) is 9.43. The average Bonchev–Trinajstić information content (AvgIpc) is 2.61. The van der Waals surface area contributed by atoms with E-state index in [1.165, 1.54) is 37.8 Å². The van der Waals surface area contributed by atoms with Crippen molar-refractivity contribution in [1.29, 1.82) is 0 Å². The Kier molecular flexibility index (Phi) is 3.58. The van der Waals surface area contributed by atoms with Gasteiger partial charge in [0.15, 0.2) is 0 Å². The van der Waals surface area contributed by atoms with Crippen molar-refractivity contribution in [1.82, 2.24) is 10.4 Å². The van der Waals surface area contributed by atoms with Gasteiger partial charge in [0.25, 0.3) is 0 Å². The summed E-state index contributed by atoms with van der Waals surface area (Å²) in [4.78, 5) is 15.6. The van der Waals surface area contributed by atoms with Gasteiger partial charge in [-0.15, -0.1) is 0 Å². The Morgan fingerprint density at radius 2 is 1.76 bits per heavy atom. The van der Waals surface area contributed by atoms with E-state index >= 15 is 0 Å². The van der Waals surface area contributed by atoms with E-state index in [2.05, 4.69) is 28.7 Å². The molecule has 0 spiro atoms. The molecule has 0 unspecified atom stereocenters. The molecule has 0 radical (unpaired) electrons. The van der Waals surface area contributed by atoms with Gasteiger partial charge in [-0.3, -0.25) is 9.78 Å². The monoisotopic (exact) mass is 333 g/mol. The number of hydrogen-bond acceptors (Lipinski definition) is 3. The Morgan fingerprint density at radius 3 is 2.48 bits per heavy atom. The molecular weight excluding hydrogens is 310 g/mol. The number of para-hydroxylation sites is 1. The van der Waals surface area contributed by atoms with Crippen LogP contribution in [0.15, 0.2) is 35.4 Å². The Bertz CT molecular complexity index is 816. The third-order valence-corrected chi connectivity index (χ3v) is 6.67. The SMILES string of the molecule is O=CN/N=C\c1cc(C2C3CC4CC(C3)CC2C4)nc2ccccc12. The summed E-state index contributed by atoms with van der Waals surface area (Å²) in [6.07, 6.45) is 9.38. The molecule has 25 heavy (non-hydrogen) atoms. The predicted octanol–water partition coefficient (Wildman–Crippen LogP) is 3.85. The molecule has 1 aromatic carbocycles. The summed E-state index contributed by atoms with van der Waals surface area (Å²) in [5, 5.41) is 5.11. The molecule has 1 heterocycles. The molecule has 4 nitrogen and oxygen atoms in total. The fourth-order valence-electron chi connectivity index (χ4n) is 6.05. The van der Waals surface area contributed by atoms with E-state index in [1.807, 2.05) is 12.1 Å². The first kappa shape index (κ1) is 15.1. The van der Waals surface area contributed by atoms with Crippen LogP contribution in [0.2, 0.25) is 0 Å². The van der Waals surface area contributed by atoms with E-state index in [4.69, 9.17) is 4.98 Å². The van der Waals surface area contributed by atoms with E-state index in [1.54, 1.807) is 6.21 Å². The summed E-state index contributed by atoms with van der Waals surface area (Å²) >= 11 is 0. The number of fused-ring (bicyclic) bond motifs is 1. The molecule has 4 heteroatoms. The second-order valence-electron chi connectivity index (χ2n) is 8.12. The molecule has 0 atom stereocenters. The lowest BCUT2D eigenvalue weighted by Gasteiger charge is -2.54. The van der Waals surface area contributed by atoms with Gasteiger partial charge in [0.2, 0.25) is 6.41 Å². The largest absolute Gasteiger partial charge is 0.277 e. The normalized spacial score (nSPS) is 33.2. The van der Waals surface area contributed by atoms with Gasteiger partial charge >= 0.3 is 0 Å². The van der Waals surface area contributed by atoms with Gasteiger partial charge in [-0.2, -0.15) is 5.10 Å². The zero-order valence-electron chi connectivity index (χ0n) is 14.3. The van der Waals surface area contributed by atoms with Gasteiger partial charge < -0.3 is 0 Å². The number of hydrazone groups is 1. The third kappa shape index (κ3) is 2.55. The van der Waals surface area contributed by atoms with E-state index in [9.17, 15) is 4.79 Å². The van der Waals surface area contributed by atoms with E-state index in [0.717, 1.165) is 40.1 Å². The number of carbonyl (C=O) groups excluding carboxylic acids is 1. The molecule has 128 valence electrons. The fraction of sp³-hybridized carbons (Fsp3) is 0.476. The topological polar surface area (TPSA) is 54.4 Å². The first-order chi connectivity index (χ1) is 12.3. The van der Waals surface area contributed by atoms with Crippen molar-refractivity contribution in [3.05, 3.63) is 41.6 Å². The van der Waals surface area contributed by atoms with Crippen LogP contribution in [0.4, 0.5) is 0 Å². The van der Waals surface area contributed by atoms with Crippen LogP contribution in [0.3, 0.4) is 0 Å². The Balaban J connectivity index is 1.58. The molecule has 4 saturated carbocycles. The van der Waals surface area contributed by atoms with Crippen LogP contribution in [0.1, 0.15) is 49.3 Å². The number of pyridine rings is 1. The number of benzene rings is 1. The van der Waals surface area contributed by atoms with Gasteiger partial charge in [0.05, 0.1) is 11.7 Å². The summed E-state index contributed by atoms with van der Waals surface area (Å²) in [7, 11) is 0. The predicted molar refractivity (Wildman–Crippen MR) is 98.3 cm³/mol. The second-order valence-corrected chi connectivity index (χ2v) is 8.12. The molecule has 4 fully saturated rings. The summed E-state index contributed by atoms with van der Waals surface area (Å²) in [5.41, 5.74) is 5.69. The third-order valence-electron chi connectivity index (χ3n) is 6.67. The number of hydrogen-bond donors (Lipinski definition) is 1. The Hall–Kier alpha value is -2.23. The number of carbonyl (C=O) groups is 1. The lowest BCUT2D eigenvalue weighted by molar-refractivity contribution is -0.109. The quantitative estimate of drug-likeness (QED) is 0.525. The van der Waals surface area contributed by atoms with Crippen molar-refractivity contribution in [3.63, 3.8) is 0 Å². The smallest absolute Gasteiger partial charge is 0.227 e. The number of aromatic nitrogens is 1. The van der Waals surface area contributed by atoms with Gasteiger partial charge in [-0.05, 0) is 67.9 Å². The maximum Gasteiger partial charge on any atom is 0.227 e. The molecule has 6 rings (SSSR count). The highest BCUT2D eigenvalue weighted by Gasteiger charge is 2.49. The van der Waals surface area contributed by atoms with Gasteiger partial charge in [0.1, 0.15) is 0 Å². The van der Waals surface area contributed by atoms with Crippen LogP contribution in [0.25, 0.3) is 10.9 Å². The second kappa shape index (κ2) is 5.94. The zero-order valence-corrected chi connectivity index (χ0v) is 14.3. The Morgan fingerprint density at radius 1 is 1.04 bits per heavy atom. The Labute approximate surface area is 147 Å².